The van der Waals surface area contributed by atoms with Crippen molar-refractivity contribution in [2.75, 3.05) is 0 Å². The molecule has 0 aliphatic heterocycles. The van der Waals surface area contributed by atoms with Gasteiger partial charge in [-0.3, -0.25) is 4.79 Å². The highest BCUT2D eigenvalue weighted by molar-refractivity contribution is 9.10. The largest absolute Gasteiger partial charge is 0.449 e. The smallest absolute Gasteiger partial charge is 0.229 e. The molecule has 0 spiro atoms. The van der Waals surface area contributed by atoms with Crippen LogP contribution in [0.1, 0.15) is 16.1 Å². The third-order valence-electron chi connectivity index (χ3n) is 2.90. The van der Waals surface area contributed by atoms with Crippen LogP contribution in [0.4, 0.5) is 4.39 Å². The predicted molar refractivity (Wildman–Crippen MR) is 78.8 cm³/mol. The van der Waals surface area contributed by atoms with Crippen molar-refractivity contribution in [1.82, 2.24) is 0 Å². The Labute approximate surface area is 127 Å². The molecule has 0 saturated heterocycles. The van der Waals surface area contributed by atoms with Gasteiger partial charge in [0.1, 0.15) is 0 Å². The number of hydrogen-bond donors (Lipinski definition) is 0. The second kappa shape index (κ2) is 5.04. The maximum Gasteiger partial charge on any atom is 0.229 e. The van der Waals surface area contributed by atoms with Crippen LogP contribution in [0.3, 0.4) is 0 Å². The maximum atomic E-state index is 13.6. The number of ketones is 1. The van der Waals surface area contributed by atoms with Gasteiger partial charge < -0.3 is 4.42 Å². The van der Waals surface area contributed by atoms with Crippen molar-refractivity contribution < 1.29 is 13.6 Å². The van der Waals surface area contributed by atoms with Crippen LogP contribution >= 0.6 is 27.5 Å². The Hall–Kier alpha value is -1.65. The van der Waals surface area contributed by atoms with Crippen LogP contribution in [0.15, 0.2) is 51.4 Å². The average Bonchev–Trinajstić information content (AvgIpc) is 2.83. The molecule has 0 aliphatic carbocycles. The Kier molecular flexibility index (Phi) is 3.36. The van der Waals surface area contributed by atoms with E-state index < -0.39 is 5.82 Å². The van der Waals surface area contributed by atoms with Crippen LogP contribution in [0.25, 0.3) is 11.0 Å². The SMILES string of the molecule is O=C(c1cc2cccc(F)c2o1)c1ccc(Br)cc1Cl. The highest BCUT2D eigenvalue weighted by Gasteiger charge is 2.18. The molecule has 3 aromatic rings. The lowest BCUT2D eigenvalue weighted by Gasteiger charge is -2.01. The molecule has 0 fully saturated rings. The number of carbonyl (C=O) groups is 1. The van der Waals surface area contributed by atoms with Crippen molar-refractivity contribution in [3.8, 4) is 0 Å². The highest BCUT2D eigenvalue weighted by Crippen LogP contribution is 2.27. The van der Waals surface area contributed by atoms with Crippen molar-refractivity contribution in [2.24, 2.45) is 0 Å². The fourth-order valence-corrected chi connectivity index (χ4v) is 2.71. The maximum absolute atomic E-state index is 13.6. The summed E-state index contributed by atoms with van der Waals surface area (Å²) in [5.74, 6) is -0.809. The Bertz CT molecular complexity index is 826. The quantitative estimate of drug-likeness (QED) is 0.591. The summed E-state index contributed by atoms with van der Waals surface area (Å²) < 4.78 is 19.6. The number of furan rings is 1. The fraction of sp³-hybridized carbons (Fsp3) is 0. The first-order valence-electron chi connectivity index (χ1n) is 5.74. The first-order valence-corrected chi connectivity index (χ1v) is 6.91. The van der Waals surface area contributed by atoms with Crippen LogP contribution in [-0.4, -0.2) is 5.78 Å². The van der Waals surface area contributed by atoms with Crippen LogP contribution in [0.2, 0.25) is 5.02 Å². The Morgan fingerprint density at radius 3 is 2.70 bits per heavy atom. The van der Waals surface area contributed by atoms with Gasteiger partial charge in [-0.25, -0.2) is 4.39 Å². The molecule has 0 bridgehead atoms. The summed E-state index contributed by atoms with van der Waals surface area (Å²) in [6.45, 7) is 0. The van der Waals surface area contributed by atoms with Gasteiger partial charge in [-0.2, -0.15) is 0 Å². The first-order chi connectivity index (χ1) is 9.56. The average molecular weight is 354 g/mol. The van der Waals surface area contributed by atoms with Gasteiger partial charge >= 0.3 is 0 Å². The zero-order valence-electron chi connectivity index (χ0n) is 9.99. The van der Waals surface area contributed by atoms with E-state index in [1.165, 1.54) is 12.1 Å². The first kappa shape index (κ1) is 13.3. The van der Waals surface area contributed by atoms with Gasteiger partial charge in [0.05, 0.1) is 5.02 Å². The fourth-order valence-electron chi connectivity index (χ4n) is 1.95. The minimum absolute atomic E-state index is 0.0642. The Balaban J connectivity index is 2.10. The van der Waals surface area contributed by atoms with E-state index in [1.54, 1.807) is 30.3 Å². The van der Waals surface area contributed by atoms with E-state index in [-0.39, 0.29) is 17.1 Å². The van der Waals surface area contributed by atoms with E-state index in [0.717, 1.165) is 4.47 Å². The summed E-state index contributed by atoms with van der Waals surface area (Å²) in [7, 11) is 0. The standard InChI is InChI=1S/C15H7BrClFO2/c16-9-4-5-10(11(17)7-9)14(19)13-6-8-2-1-3-12(18)15(8)20-13/h1-7H. The minimum Gasteiger partial charge on any atom is -0.449 e. The molecule has 3 rings (SSSR count). The van der Waals surface area contributed by atoms with Gasteiger partial charge in [0, 0.05) is 15.4 Å². The molecule has 5 heteroatoms. The van der Waals surface area contributed by atoms with Crippen molar-refractivity contribution in [3.05, 3.63) is 69.1 Å². The molecule has 2 nitrogen and oxygen atoms in total. The number of benzene rings is 2. The van der Waals surface area contributed by atoms with E-state index in [0.29, 0.717) is 16.0 Å². The van der Waals surface area contributed by atoms with Crippen molar-refractivity contribution in [2.45, 2.75) is 0 Å². The zero-order chi connectivity index (χ0) is 14.3. The molecule has 0 N–H and O–H groups in total. The van der Waals surface area contributed by atoms with Crippen molar-refractivity contribution in [1.29, 1.82) is 0 Å². The molecule has 0 saturated carbocycles. The lowest BCUT2D eigenvalue weighted by Crippen LogP contribution is -2.00. The number of para-hydroxylation sites is 1. The van der Waals surface area contributed by atoms with Crippen LogP contribution in [-0.2, 0) is 0 Å². The van der Waals surface area contributed by atoms with Gasteiger partial charge in [-0.1, -0.05) is 39.7 Å². The lowest BCUT2D eigenvalue weighted by atomic mass is 10.1. The molecule has 0 unspecified atom stereocenters. The van der Waals surface area contributed by atoms with Crippen LogP contribution in [0.5, 0.6) is 0 Å². The molecule has 0 atom stereocenters. The van der Waals surface area contributed by atoms with Crippen molar-refractivity contribution >= 4 is 44.3 Å². The number of fused-ring (bicyclic) bond motifs is 1. The predicted octanol–water partition coefficient (Wildman–Crippen LogP) is 5.22. The van der Waals surface area contributed by atoms with Crippen LogP contribution in [0, 0.1) is 5.82 Å². The van der Waals surface area contributed by atoms with E-state index in [2.05, 4.69) is 15.9 Å². The number of rotatable bonds is 2. The van der Waals surface area contributed by atoms with E-state index >= 15 is 0 Å². The third kappa shape index (κ3) is 2.25. The number of carbonyl (C=O) groups excluding carboxylic acids is 1. The lowest BCUT2D eigenvalue weighted by molar-refractivity contribution is 0.101. The second-order valence-corrected chi connectivity index (χ2v) is 5.55. The molecule has 0 amide bonds. The number of halogens is 3. The summed E-state index contributed by atoms with van der Waals surface area (Å²) >= 11 is 9.31. The summed E-state index contributed by atoms with van der Waals surface area (Å²) in [6, 6.07) is 11.0. The normalized spacial score (nSPS) is 10.9. The van der Waals surface area contributed by atoms with Gasteiger partial charge in [-0.15, -0.1) is 0 Å². The third-order valence-corrected chi connectivity index (χ3v) is 3.70. The van der Waals surface area contributed by atoms with Gasteiger partial charge in [0.2, 0.25) is 5.78 Å². The molecule has 1 heterocycles. The zero-order valence-corrected chi connectivity index (χ0v) is 12.3. The monoisotopic (exact) mass is 352 g/mol. The van der Waals surface area contributed by atoms with Crippen molar-refractivity contribution in [3.63, 3.8) is 0 Å². The van der Waals surface area contributed by atoms with Gasteiger partial charge in [0.25, 0.3) is 0 Å². The van der Waals surface area contributed by atoms with E-state index in [1.807, 2.05) is 0 Å². The molecule has 0 aliphatic rings. The summed E-state index contributed by atoms with van der Waals surface area (Å²) in [4.78, 5) is 12.3. The Morgan fingerprint density at radius 2 is 2.00 bits per heavy atom. The van der Waals surface area contributed by atoms with E-state index in [9.17, 15) is 9.18 Å². The molecule has 100 valence electrons. The molecule has 20 heavy (non-hydrogen) atoms. The summed E-state index contributed by atoms with van der Waals surface area (Å²) in [5, 5.41) is 0.854. The molecule has 0 radical (unpaired) electrons. The van der Waals surface area contributed by atoms with Gasteiger partial charge in [-0.05, 0) is 30.3 Å². The molecule has 1 aromatic heterocycles. The molecular formula is C15H7BrClFO2. The Morgan fingerprint density at radius 1 is 1.20 bits per heavy atom. The molecule has 2 aromatic carbocycles. The highest BCUT2D eigenvalue weighted by atomic mass is 79.9. The number of hydrogen-bond acceptors (Lipinski definition) is 2. The minimum atomic E-state index is -0.497. The van der Waals surface area contributed by atoms with Gasteiger partial charge in [0.15, 0.2) is 17.2 Å². The van der Waals surface area contributed by atoms with Crippen LogP contribution < -0.4 is 0 Å². The van der Waals surface area contributed by atoms with E-state index in [4.69, 9.17) is 16.0 Å². The summed E-state index contributed by atoms with van der Waals surface area (Å²) in [5.41, 5.74) is 0.387. The summed E-state index contributed by atoms with van der Waals surface area (Å²) in [6.07, 6.45) is 0. The topological polar surface area (TPSA) is 30.2 Å². The second-order valence-electron chi connectivity index (χ2n) is 4.22. The molecular weight excluding hydrogens is 347 g/mol.